The third kappa shape index (κ3) is 5.71. The number of carbonyl (C=O) groups is 1. The fraction of sp³-hybridized carbons (Fsp3) is 0.462. The molecule has 0 saturated heterocycles. The molecule has 1 aromatic carbocycles. The molecule has 0 aliphatic rings. The van der Waals surface area contributed by atoms with Gasteiger partial charge in [0.15, 0.2) is 0 Å². The standard InChI is InChI=1S/C13H19NO2.ClH/c1-3-14(4-2)10-12-7-5-11(6-8-12)9-13(15)16;/h5-8H,3-4,9-10H2,1-2H3,(H,15,16);1H. The maximum absolute atomic E-state index is 10.5. The zero-order valence-corrected chi connectivity index (χ0v) is 11.2. The number of nitrogens with zero attached hydrogens (tertiary/aromatic N) is 1. The Labute approximate surface area is 109 Å². The van der Waals surface area contributed by atoms with E-state index in [0.29, 0.717) is 0 Å². The summed E-state index contributed by atoms with van der Waals surface area (Å²) in [5.41, 5.74) is 2.09. The predicted octanol–water partition coefficient (Wildman–Crippen LogP) is 2.58. The lowest BCUT2D eigenvalue weighted by Gasteiger charge is -2.17. The number of aliphatic carboxylic acids is 1. The first-order chi connectivity index (χ1) is 7.65. The van der Waals surface area contributed by atoms with Crippen LogP contribution in [0.5, 0.6) is 0 Å². The first-order valence-electron chi connectivity index (χ1n) is 5.67. The van der Waals surface area contributed by atoms with Crippen LogP contribution in [-0.2, 0) is 17.8 Å². The molecule has 3 nitrogen and oxygen atoms in total. The minimum Gasteiger partial charge on any atom is -0.481 e. The van der Waals surface area contributed by atoms with Crippen molar-refractivity contribution in [3.63, 3.8) is 0 Å². The van der Waals surface area contributed by atoms with Crippen LogP contribution in [0.15, 0.2) is 24.3 Å². The summed E-state index contributed by atoms with van der Waals surface area (Å²) in [6.07, 6.45) is 0.103. The van der Waals surface area contributed by atoms with Crippen LogP contribution in [0.25, 0.3) is 0 Å². The van der Waals surface area contributed by atoms with Crippen LogP contribution in [0, 0.1) is 0 Å². The molecule has 0 fully saturated rings. The summed E-state index contributed by atoms with van der Waals surface area (Å²) in [6, 6.07) is 7.81. The molecule has 0 amide bonds. The second-order valence-electron chi connectivity index (χ2n) is 3.85. The van der Waals surface area contributed by atoms with E-state index in [1.807, 2.05) is 24.3 Å². The van der Waals surface area contributed by atoms with Gasteiger partial charge in [-0.2, -0.15) is 0 Å². The van der Waals surface area contributed by atoms with E-state index >= 15 is 0 Å². The Morgan fingerprint density at radius 1 is 1.12 bits per heavy atom. The van der Waals surface area contributed by atoms with Crippen LogP contribution < -0.4 is 0 Å². The van der Waals surface area contributed by atoms with Crippen LogP contribution in [0.3, 0.4) is 0 Å². The Morgan fingerprint density at radius 3 is 2.00 bits per heavy atom. The van der Waals surface area contributed by atoms with Gasteiger partial charge in [-0.05, 0) is 24.2 Å². The number of carboxylic acid groups (broad SMARTS) is 1. The van der Waals surface area contributed by atoms with Crippen molar-refractivity contribution in [3.05, 3.63) is 35.4 Å². The van der Waals surface area contributed by atoms with E-state index in [2.05, 4.69) is 18.7 Å². The van der Waals surface area contributed by atoms with Gasteiger partial charge in [0.1, 0.15) is 0 Å². The monoisotopic (exact) mass is 257 g/mol. The highest BCUT2D eigenvalue weighted by Crippen LogP contribution is 2.08. The number of halogens is 1. The number of benzene rings is 1. The molecule has 0 aliphatic carbocycles. The van der Waals surface area contributed by atoms with Gasteiger partial charge in [0.25, 0.3) is 0 Å². The molecular formula is C13H20ClNO2. The summed E-state index contributed by atoms with van der Waals surface area (Å²) in [6.45, 7) is 7.28. The third-order valence-corrected chi connectivity index (χ3v) is 2.68. The van der Waals surface area contributed by atoms with Gasteiger partial charge >= 0.3 is 5.97 Å². The minimum absolute atomic E-state index is 0. The summed E-state index contributed by atoms with van der Waals surface area (Å²) in [7, 11) is 0. The molecule has 0 spiro atoms. The number of hydrogen-bond acceptors (Lipinski definition) is 2. The summed E-state index contributed by atoms with van der Waals surface area (Å²) >= 11 is 0. The molecule has 0 saturated carbocycles. The number of carboxylic acids is 1. The zero-order chi connectivity index (χ0) is 12.0. The predicted molar refractivity (Wildman–Crippen MR) is 71.7 cm³/mol. The van der Waals surface area contributed by atoms with E-state index in [1.54, 1.807) is 0 Å². The van der Waals surface area contributed by atoms with Crippen LogP contribution >= 0.6 is 12.4 Å². The Balaban J connectivity index is 0.00000256. The van der Waals surface area contributed by atoms with Gasteiger partial charge in [-0.15, -0.1) is 12.4 Å². The van der Waals surface area contributed by atoms with Crippen molar-refractivity contribution in [2.75, 3.05) is 13.1 Å². The minimum atomic E-state index is -0.781. The summed E-state index contributed by atoms with van der Waals surface area (Å²) in [4.78, 5) is 12.8. The van der Waals surface area contributed by atoms with Crippen LogP contribution in [0.4, 0.5) is 0 Å². The molecule has 0 heterocycles. The van der Waals surface area contributed by atoms with E-state index in [0.717, 1.165) is 25.2 Å². The molecule has 4 heteroatoms. The average molecular weight is 258 g/mol. The number of rotatable bonds is 6. The molecule has 0 aliphatic heterocycles. The highest BCUT2D eigenvalue weighted by Gasteiger charge is 2.03. The van der Waals surface area contributed by atoms with E-state index in [1.165, 1.54) is 5.56 Å². The molecule has 1 N–H and O–H groups in total. The van der Waals surface area contributed by atoms with Crippen molar-refractivity contribution in [2.24, 2.45) is 0 Å². The average Bonchev–Trinajstić information content (AvgIpc) is 2.27. The molecule has 0 bridgehead atoms. The second kappa shape index (κ2) is 8.09. The molecule has 0 radical (unpaired) electrons. The van der Waals surface area contributed by atoms with Crippen molar-refractivity contribution in [3.8, 4) is 0 Å². The topological polar surface area (TPSA) is 40.5 Å². The van der Waals surface area contributed by atoms with Gasteiger partial charge in [0.05, 0.1) is 6.42 Å². The fourth-order valence-electron chi connectivity index (χ4n) is 1.64. The molecule has 1 aromatic rings. The van der Waals surface area contributed by atoms with Gasteiger partial charge in [0, 0.05) is 6.54 Å². The van der Waals surface area contributed by atoms with Gasteiger partial charge in [0.2, 0.25) is 0 Å². The van der Waals surface area contributed by atoms with Crippen molar-refractivity contribution < 1.29 is 9.90 Å². The van der Waals surface area contributed by atoms with Gasteiger partial charge < -0.3 is 5.11 Å². The zero-order valence-electron chi connectivity index (χ0n) is 10.3. The molecule has 0 unspecified atom stereocenters. The smallest absolute Gasteiger partial charge is 0.307 e. The first-order valence-corrected chi connectivity index (χ1v) is 5.67. The lowest BCUT2D eigenvalue weighted by molar-refractivity contribution is -0.136. The second-order valence-corrected chi connectivity index (χ2v) is 3.85. The van der Waals surface area contributed by atoms with Gasteiger partial charge in [-0.3, -0.25) is 9.69 Å². The highest BCUT2D eigenvalue weighted by molar-refractivity contribution is 5.85. The van der Waals surface area contributed by atoms with Crippen molar-refractivity contribution in [2.45, 2.75) is 26.8 Å². The summed E-state index contributed by atoms with van der Waals surface area (Å²) in [5.74, 6) is -0.781. The SMILES string of the molecule is CCN(CC)Cc1ccc(CC(=O)O)cc1.Cl. The molecule has 0 aromatic heterocycles. The van der Waals surface area contributed by atoms with Crippen LogP contribution in [-0.4, -0.2) is 29.1 Å². The largest absolute Gasteiger partial charge is 0.481 e. The lowest BCUT2D eigenvalue weighted by Crippen LogP contribution is -2.22. The fourth-order valence-corrected chi connectivity index (χ4v) is 1.64. The normalized spacial score (nSPS) is 10.1. The van der Waals surface area contributed by atoms with Gasteiger partial charge in [-0.25, -0.2) is 0 Å². The van der Waals surface area contributed by atoms with E-state index in [-0.39, 0.29) is 18.8 Å². The maximum Gasteiger partial charge on any atom is 0.307 e. The Bertz CT molecular complexity index is 334. The Kier molecular flexibility index (Phi) is 7.59. The van der Waals surface area contributed by atoms with Gasteiger partial charge in [-0.1, -0.05) is 38.1 Å². The van der Waals surface area contributed by atoms with Crippen LogP contribution in [0.1, 0.15) is 25.0 Å². The molecule has 0 atom stereocenters. The Morgan fingerprint density at radius 2 is 1.59 bits per heavy atom. The third-order valence-electron chi connectivity index (χ3n) is 2.68. The van der Waals surface area contributed by atoms with Crippen molar-refractivity contribution in [1.82, 2.24) is 4.90 Å². The number of hydrogen-bond donors (Lipinski definition) is 1. The maximum atomic E-state index is 10.5. The first kappa shape index (κ1) is 15.9. The molecule has 96 valence electrons. The molecular weight excluding hydrogens is 238 g/mol. The summed E-state index contributed by atoms with van der Waals surface area (Å²) in [5, 5.41) is 8.65. The summed E-state index contributed by atoms with van der Waals surface area (Å²) < 4.78 is 0. The van der Waals surface area contributed by atoms with E-state index in [9.17, 15) is 4.79 Å². The van der Waals surface area contributed by atoms with Crippen molar-refractivity contribution >= 4 is 18.4 Å². The quantitative estimate of drug-likeness (QED) is 0.852. The molecule has 17 heavy (non-hydrogen) atoms. The molecule has 1 rings (SSSR count). The van der Waals surface area contributed by atoms with E-state index in [4.69, 9.17) is 5.11 Å². The van der Waals surface area contributed by atoms with E-state index < -0.39 is 5.97 Å². The van der Waals surface area contributed by atoms with Crippen molar-refractivity contribution in [1.29, 1.82) is 0 Å². The highest BCUT2D eigenvalue weighted by atomic mass is 35.5. The van der Waals surface area contributed by atoms with Crippen LogP contribution in [0.2, 0.25) is 0 Å². The lowest BCUT2D eigenvalue weighted by atomic mass is 10.1. The Hall–Kier alpha value is -1.06.